The van der Waals surface area contributed by atoms with Gasteiger partial charge in [-0.15, -0.1) is 0 Å². The van der Waals surface area contributed by atoms with Gasteiger partial charge in [0, 0.05) is 25.1 Å². The highest BCUT2D eigenvalue weighted by Gasteiger charge is 2.39. The topological polar surface area (TPSA) is 202 Å². The van der Waals surface area contributed by atoms with Gasteiger partial charge >= 0.3 is 24.8 Å². The van der Waals surface area contributed by atoms with Crippen molar-refractivity contribution in [3.63, 3.8) is 0 Å². The highest BCUT2D eigenvalue weighted by atomic mass is 19.3. The van der Waals surface area contributed by atoms with E-state index < -0.39 is 54.3 Å². The Morgan fingerprint density at radius 2 is 1.80 bits per heavy atom. The number of hydrogen-bond donors (Lipinski definition) is 2. The molecule has 3 N–H and O–H groups in total. The van der Waals surface area contributed by atoms with Crippen LogP contribution < -0.4 is 20.5 Å². The van der Waals surface area contributed by atoms with Crippen LogP contribution >= 0.6 is 0 Å². The average Bonchev–Trinajstić information content (AvgIpc) is 3.48. The van der Waals surface area contributed by atoms with Crippen molar-refractivity contribution in [2.45, 2.75) is 71.3 Å². The number of esters is 1. The molecule has 2 atom stereocenters. The number of carbonyl (C=O) groups is 5. The largest absolute Gasteiger partial charge is 0.490 e. The van der Waals surface area contributed by atoms with E-state index in [0.29, 0.717) is 12.8 Å². The Morgan fingerprint density at radius 1 is 1.08 bits per heavy atom. The first-order valence-corrected chi connectivity index (χ1v) is 15.3. The van der Waals surface area contributed by atoms with Gasteiger partial charge in [-0.25, -0.2) is 14.6 Å². The maximum absolute atomic E-state index is 14.0. The number of alkyl carbamates (subject to hydrolysis) is 1. The van der Waals surface area contributed by atoms with Crippen molar-refractivity contribution in [2.24, 2.45) is 5.73 Å². The Balaban J connectivity index is 2.01. The third-order valence-electron chi connectivity index (χ3n) is 7.05. The molecule has 49 heavy (non-hydrogen) atoms. The first kappa shape index (κ1) is 38.3. The average molecular weight is 698 g/mol. The number of aromatic nitrogens is 1. The van der Waals surface area contributed by atoms with Crippen LogP contribution in [0, 0.1) is 0 Å². The molecule has 0 aliphatic carbocycles. The number of oxazole rings is 1. The van der Waals surface area contributed by atoms with Crippen molar-refractivity contribution >= 4 is 30.0 Å². The molecular weight excluding hydrogens is 656 g/mol. The van der Waals surface area contributed by atoms with Crippen molar-refractivity contribution in [3.8, 4) is 23.0 Å². The number of piperazine rings is 1. The molecule has 18 heteroatoms. The van der Waals surface area contributed by atoms with E-state index in [4.69, 9.17) is 24.4 Å². The van der Waals surface area contributed by atoms with E-state index in [1.807, 2.05) is 0 Å². The maximum Gasteiger partial charge on any atom is 0.409 e. The third kappa shape index (κ3) is 10.7. The lowest BCUT2D eigenvalue weighted by Crippen LogP contribution is -2.61. The number of alkyl halides is 2. The second-order valence-corrected chi connectivity index (χ2v) is 11.9. The molecule has 0 bridgehead atoms. The van der Waals surface area contributed by atoms with Crippen LogP contribution in [0.1, 0.15) is 69.2 Å². The number of halogens is 2. The summed E-state index contributed by atoms with van der Waals surface area (Å²) in [6.45, 7) is 3.01. The molecule has 1 unspecified atom stereocenters. The molecule has 1 saturated heterocycles. The molecule has 1 aromatic carbocycles. The number of hydrogen-bond acceptors (Lipinski definition) is 12. The van der Waals surface area contributed by atoms with Crippen molar-refractivity contribution < 1.29 is 60.9 Å². The van der Waals surface area contributed by atoms with Crippen molar-refractivity contribution in [1.82, 2.24) is 20.1 Å². The SMILES string of the molecule is COC(=O)CCCCOc1cc(-c2nc(C(=O)N3CCN(C(=O)OC)CC3C(N)=O)c([C@H](C)NC(=O)OC(C)(C)C)o2)ccc1OC(F)F. The van der Waals surface area contributed by atoms with E-state index in [0.717, 1.165) is 4.90 Å². The van der Waals surface area contributed by atoms with Crippen LogP contribution in [0.25, 0.3) is 11.5 Å². The number of nitrogens with one attached hydrogen (secondary N) is 1. The molecule has 1 aliphatic rings. The molecular formula is C31H41F2N5O11. The summed E-state index contributed by atoms with van der Waals surface area (Å²) in [7, 11) is 2.44. The van der Waals surface area contributed by atoms with Crippen molar-refractivity contribution in [1.29, 1.82) is 0 Å². The molecule has 1 fully saturated rings. The summed E-state index contributed by atoms with van der Waals surface area (Å²) in [5.41, 5.74) is 4.65. The van der Waals surface area contributed by atoms with Gasteiger partial charge in [0.15, 0.2) is 23.0 Å². The zero-order chi connectivity index (χ0) is 36.5. The van der Waals surface area contributed by atoms with Crippen LogP contribution in [-0.2, 0) is 23.8 Å². The van der Waals surface area contributed by atoms with Gasteiger partial charge < -0.3 is 49.0 Å². The van der Waals surface area contributed by atoms with E-state index in [9.17, 15) is 32.8 Å². The van der Waals surface area contributed by atoms with Gasteiger partial charge in [0.05, 0.1) is 33.4 Å². The van der Waals surface area contributed by atoms with E-state index in [1.54, 1.807) is 20.8 Å². The van der Waals surface area contributed by atoms with Crippen molar-refractivity contribution in [2.75, 3.05) is 40.5 Å². The number of benzene rings is 1. The summed E-state index contributed by atoms with van der Waals surface area (Å²) in [4.78, 5) is 69.3. The van der Waals surface area contributed by atoms with Crippen molar-refractivity contribution in [3.05, 3.63) is 29.7 Å². The second-order valence-electron chi connectivity index (χ2n) is 11.9. The summed E-state index contributed by atoms with van der Waals surface area (Å²) in [5.74, 6) is -2.77. The number of carbonyl (C=O) groups excluding carboxylic acids is 5. The van der Waals surface area contributed by atoms with Crippen LogP contribution in [0.3, 0.4) is 0 Å². The molecule has 2 aromatic rings. The van der Waals surface area contributed by atoms with Crippen LogP contribution in [0.15, 0.2) is 22.6 Å². The molecule has 0 saturated carbocycles. The first-order valence-electron chi connectivity index (χ1n) is 15.3. The molecule has 0 spiro atoms. The molecule has 0 radical (unpaired) electrons. The van der Waals surface area contributed by atoms with Gasteiger partial charge in [0.2, 0.25) is 11.8 Å². The number of primary amides is 1. The number of unbranched alkanes of at least 4 members (excludes halogenated alkanes) is 1. The minimum Gasteiger partial charge on any atom is -0.490 e. The van der Waals surface area contributed by atoms with Gasteiger partial charge in [-0.2, -0.15) is 8.78 Å². The smallest absolute Gasteiger partial charge is 0.409 e. The summed E-state index contributed by atoms with van der Waals surface area (Å²) < 4.78 is 57.3. The molecule has 270 valence electrons. The fraction of sp³-hybridized carbons (Fsp3) is 0.548. The number of rotatable bonds is 13. The van der Waals surface area contributed by atoms with Crippen LogP contribution in [0.5, 0.6) is 11.5 Å². The first-order chi connectivity index (χ1) is 23.0. The lowest BCUT2D eigenvalue weighted by Gasteiger charge is -2.38. The Bertz CT molecular complexity index is 1510. The highest BCUT2D eigenvalue weighted by molar-refractivity contribution is 5.97. The van der Waals surface area contributed by atoms with Crippen LogP contribution in [0.2, 0.25) is 0 Å². The third-order valence-corrected chi connectivity index (χ3v) is 7.05. The molecule has 16 nitrogen and oxygen atoms in total. The molecule has 3 rings (SSSR count). The monoisotopic (exact) mass is 697 g/mol. The normalized spacial score (nSPS) is 15.3. The van der Waals surface area contributed by atoms with Gasteiger partial charge in [-0.1, -0.05) is 0 Å². The minimum atomic E-state index is -3.16. The molecule has 1 aliphatic heterocycles. The quantitative estimate of drug-likeness (QED) is 0.175. The molecule has 1 aromatic heterocycles. The molecule has 4 amide bonds. The van der Waals surface area contributed by atoms with Gasteiger partial charge in [-0.3, -0.25) is 14.4 Å². The zero-order valence-corrected chi connectivity index (χ0v) is 28.1. The summed E-state index contributed by atoms with van der Waals surface area (Å²) in [6.07, 6.45) is -0.601. The number of nitrogens with two attached hydrogens (primary N) is 1. The predicted molar refractivity (Wildman–Crippen MR) is 166 cm³/mol. The minimum absolute atomic E-state index is 0.0138. The predicted octanol–water partition coefficient (Wildman–Crippen LogP) is 3.63. The van der Waals surface area contributed by atoms with E-state index in [1.165, 1.54) is 44.2 Å². The van der Waals surface area contributed by atoms with Crippen LogP contribution in [0.4, 0.5) is 18.4 Å². The number of ether oxygens (including phenoxy) is 5. The van der Waals surface area contributed by atoms with Gasteiger partial charge in [0.25, 0.3) is 5.91 Å². The van der Waals surface area contributed by atoms with Gasteiger partial charge in [-0.05, 0) is 58.7 Å². The molecule has 2 heterocycles. The van der Waals surface area contributed by atoms with E-state index in [-0.39, 0.29) is 67.1 Å². The lowest BCUT2D eigenvalue weighted by atomic mass is 10.1. The number of amides is 4. The fourth-order valence-corrected chi connectivity index (χ4v) is 4.76. The number of nitrogens with zero attached hydrogens (tertiary/aromatic N) is 3. The fourth-order valence-electron chi connectivity index (χ4n) is 4.76. The summed E-state index contributed by atoms with van der Waals surface area (Å²) >= 11 is 0. The Labute approximate surface area is 281 Å². The van der Waals surface area contributed by atoms with E-state index in [2.05, 4.69) is 19.8 Å². The Morgan fingerprint density at radius 3 is 2.41 bits per heavy atom. The standard InChI is InChI=1S/C31H41F2N5O11/c1-17(35-29(42)49-31(2,3)4)24-23(27(41)38-13-12-37(30(43)45-6)16-19(38)25(34)40)36-26(48-24)18-10-11-20(47-28(32)33)21(15-18)46-14-8-7-9-22(39)44-5/h10-11,15,17,19,28H,7-9,12-14,16H2,1-6H3,(H2,34,40)(H,35,42)/t17-,19?/m0/s1. The lowest BCUT2D eigenvalue weighted by molar-refractivity contribution is -0.140. The zero-order valence-electron chi connectivity index (χ0n) is 28.1. The van der Waals surface area contributed by atoms with Crippen LogP contribution in [-0.4, -0.2) is 103 Å². The second kappa shape index (κ2) is 16.8. The Kier molecular flexibility index (Phi) is 13.1. The van der Waals surface area contributed by atoms with E-state index >= 15 is 0 Å². The Hall–Kier alpha value is -5.16. The highest BCUT2D eigenvalue weighted by Crippen LogP contribution is 2.36. The number of methoxy groups -OCH3 is 2. The summed E-state index contributed by atoms with van der Waals surface area (Å²) in [5, 5.41) is 2.59. The maximum atomic E-state index is 14.0. The van der Waals surface area contributed by atoms with Gasteiger partial charge in [0.1, 0.15) is 11.6 Å². The summed E-state index contributed by atoms with van der Waals surface area (Å²) in [6, 6.07) is 1.60.